The van der Waals surface area contributed by atoms with E-state index in [1.165, 1.54) is 0 Å². The van der Waals surface area contributed by atoms with Crippen molar-refractivity contribution in [3.05, 3.63) is 54.0 Å². The lowest BCUT2D eigenvalue weighted by atomic mass is 10.2. The summed E-state index contributed by atoms with van der Waals surface area (Å²) < 4.78 is 21.9. The zero-order valence-corrected chi connectivity index (χ0v) is 19.6. The molecule has 0 bridgehead atoms. The van der Waals surface area contributed by atoms with Crippen LogP contribution < -0.4 is 15.4 Å². The first-order valence-corrected chi connectivity index (χ1v) is 11.2. The van der Waals surface area contributed by atoms with Crippen LogP contribution in [0, 0.1) is 0 Å². The SMILES string of the molecule is CCNC(=NCc1cccc(OCCN(C)CCOC)c1)NCCCOCc1ccco1. The van der Waals surface area contributed by atoms with Gasteiger partial charge in [-0.3, -0.25) is 0 Å². The zero-order chi connectivity index (χ0) is 22.9. The second kappa shape index (κ2) is 16.1. The average molecular weight is 447 g/mol. The van der Waals surface area contributed by atoms with E-state index in [1.807, 2.05) is 30.3 Å². The number of likely N-dealkylation sites (N-methyl/N-ethyl adjacent to an activating group) is 1. The summed E-state index contributed by atoms with van der Waals surface area (Å²) in [5.41, 5.74) is 1.11. The van der Waals surface area contributed by atoms with Crippen molar-refractivity contribution in [2.75, 3.05) is 60.2 Å². The van der Waals surface area contributed by atoms with E-state index in [-0.39, 0.29) is 0 Å². The molecule has 32 heavy (non-hydrogen) atoms. The van der Waals surface area contributed by atoms with Gasteiger partial charge in [0.15, 0.2) is 5.96 Å². The molecule has 1 aromatic heterocycles. The number of rotatable bonds is 16. The normalized spacial score (nSPS) is 11.7. The summed E-state index contributed by atoms with van der Waals surface area (Å²) in [7, 11) is 3.78. The van der Waals surface area contributed by atoms with Gasteiger partial charge >= 0.3 is 0 Å². The molecule has 0 aliphatic heterocycles. The third-order valence-corrected chi connectivity index (χ3v) is 4.66. The third kappa shape index (κ3) is 11.2. The van der Waals surface area contributed by atoms with Crippen molar-refractivity contribution in [3.8, 4) is 5.75 Å². The van der Waals surface area contributed by atoms with E-state index >= 15 is 0 Å². The molecule has 0 atom stereocenters. The zero-order valence-electron chi connectivity index (χ0n) is 19.6. The molecule has 1 heterocycles. The summed E-state index contributed by atoms with van der Waals surface area (Å²) in [6, 6.07) is 11.9. The molecule has 2 aromatic rings. The minimum absolute atomic E-state index is 0.503. The Morgan fingerprint density at radius 1 is 1.09 bits per heavy atom. The number of hydrogen-bond acceptors (Lipinski definition) is 6. The van der Waals surface area contributed by atoms with Gasteiger partial charge in [-0.2, -0.15) is 0 Å². The van der Waals surface area contributed by atoms with Crippen LogP contribution in [0.4, 0.5) is 0 Å². The van der Waals surface area contributed by atoms with E-state index in [2.05, 4.69) is 40.6 Å². The van der Waals surface area contributed by atoms with Gasteiger partial charge in [-0.1, -0.05) is 12.1 Å². The van der Waals surface area contributed by atoms with Crippen LogP contribution in [0.2, 0.25) is 0 Å². The third-order valence-electron chi connectivity index (χ3n) is 4.66. The number of nitrogens with zero attached hydrogens (tertiary/aromatic N) is 2. The van der Waals surface area contributed by atoms with Gasteiger partial charge in [0, 0.05) is 39.9 Å². The number of methoxy groups -OCH3 is 1. The molecule has 1 aromatic carbocycles. The highest BCUT2D eigenvalue weighted by molar-refractivity contribution is 5.79. The smallest absolute Gasteiger partial charge is 0.191 e. The van der Waals surface area contributed by atoms with Gasteiger partial charge in [0.1, 0.15) is 24.7 Å². The largest absolute Gasteiger partial charge is 0.492 e. The molecule has 0 unspecified atom stereocenters. The highest BCUT2D eigenvalue weighted by Gasteiger charge is 2.02. The number of aliphatic imine (C=N–C) groups is 1. The summed E-state index contributed by atoms with van der Waals surface area (Å²) in [6.07, 6.45) is 2.54. The minimum Gasteiger partial charge on any atom is -0.492 e. The summed E-state index contributed by atoms with van der Waals surface area (Å²) in [6.45, 7) is 8.50. The fourth-order valence-electron chi connectivity index (χ4n) is 2.87. The van der Waals surface area contributed by atoms with E-state index in [0.29, 0.717) is 26.4 Å². The Labute approximate surface area is 191 Å². The van der Waals surface area contributed by atoms with Crippen molar-refractivity contribution in [3.63, 3.8) is 0 Å². The minimum atomic E-state index is 0.503. The fourth-order valence-corrected chi connectivity index (χ4v) is 2.87. The lowest BCUT2D eigenvalue weighted by Crippen LogP contribution is -2.38. The Bertz CT molecular complexity index is 752. The van der Waals surface area contributed by atoms with Crippen LogP contribution in [-0.2, 0) is 22.6 Å². The topological polar surface area (TPSA) is 80.5 Å². The van der Waals surface area contributed by atoms with Crippen LogP contribution in [0.1, 0.15) is 24.7 Å². The van der Waals surface area contributed by atoms with Crippen LogP contribution in [0.25, 0.3) is 0 Å². The molecule has 2 N–H and O–H groups in total. The van der Waals surface area contributed by atoms with Gasteiger partial charge in [-0.05, 0) is 50.2 Å². The van der Waals surface area contributed by atoms with Gasteiger partial charge in [0.2, 0.25) is 0 Å². The molecule has 0 spiro atoms. The summed E-state index contributed by atoms with van der Waals surface area (Å²) >= 11 is 0. The van der Waals surface area contributed by atoms with E-state index in [4.69, 9.17) is 18.6 Å². The van der Waals surface area contributed by atoms with Crippen LogP contribution in [0.5, 0.6) is 5.75 Å². The van der Waals surface area contributed by atoms with Crippen molar-refractivity contribution < 1.29 is 18.6 Å². The van der Waals surface area contributed by atoms with Gasteiger partial charge in [-0.25, -0.2) is 4.99 Å². The Hall–Kier alpha value is -2.55. The Morgan fingerprint density at radius 3 is 2.75 bits per heavy atom. The molecule has 0 fully saturated rings. The fraction of sp³-hybridized carbons (Fsp3) is 0.542. The van der Waals surface area contributed by atoms with E-state index in [1.54, 1.807) is 13.4 Å². The predicted molar refractivity (Wildman–Crippen MR) is 127 cm³/mol. The van der Waals surface area contributed by atoms with Crippen molar-refractivity contribution in [2.45, 2.75) is 26.5 Å². The molecule has 0 radical (unpaired) electrons. The highest BCUT2D eigenvalue weighted by atomic mass is 16.5. The Morgan fingerprint density at radius 2 is 1.97 bits per heavy atom. The number of hydrogen-bond donors (Lipinski definition) is 2. The lowest BCUT2D eigenvalue weighted by Gasteiger charge is -2.16. The molecule has 2 rings (SSSR count). The maximum Gasteiger partial charge on any atom is 0.191 e. The lowest BCUT2D eigenvalue weighted by molar-refractivity contribution is 0.105. The first kappa shape index (κ1) is 25.7. The molecular formula is C24H38N4O4. The molecule has 0 aliphatic carbocycles. The van der Waals surface area contributed by atoms with Crippen molar-refractivity contribution in [1.29, 1.82) is 0 Å². The average Bonchev–Trinajstić information content (AvgIpc) is 3.32. The molecule has 0 aliphatic rings. The van der Waals surface area contributed by atoms with Crippen molar-refractivity contribution >= 4 is 5.96 Å². The number of furan rings is 1. The van der Waals surface area contributed by atoms with Crippen LogP contribution in [-0.4, -0.2) is 71.0 Å². The van der Waals surface area contributed by atoms with Crippen molar-refractivity contribution in [1.82, 2.24) is 15.5 Å². The van der Waals surface area contributed by atoms with E-state index in [0.717, 1.165) is 62.2 Å². The first-order valence-electron chi connectivity index (χ1n) is 11.2. The van der Waals surface area contributed by atoms with Crippen molar-refractivity contribution in [2.24, 2.45) is 4.99 Å². The Balaban J connectivity index is 1.70. The molecule has 0 saturated carbocycles. The van der Waals surface area contributed by atoms with Gasteiger partial charge in [0.25, 0.3) is 0 Å². The molecular weight excluding hydrogens is 408 g/mol. The summed E-state index contributed by atoms with van der Waals surface area (Å²) in [5, 5.41) is 6.63. The maximum atomic E-state index is 5.90. The monoisotopic (exact) mass is 446 g/mol. The molecule has 178 valence electrons. The van der Waals surface area contributed by atoms with Crippen LogP contribution in [0.3, 0.4) is 0 Å². The molecule has 0 saturated heterocycles. The van der Waals surface area contributed by atoms with E-state index in [9.17, 15) is 0 Å². The number of nitrogens with one attached hydrogen (secondary N) is 2. The summed E-state index contributed by atoms with van der Waals surface area (Å²) in [4.78, 5) is 6.87. The second-order valence-corrected chi connectivity index (χ2v) is 7.40. The van der Waals surface area contributed by atoms with Gasteiger partial charge in [-0.15, -0.1) is 0 Å². The molecule has 8 heteroatoms. The standard InChI is InChI=1S/C24H38N4O4/c1-4-25-24(26-11-7-14-30-20-23-10-6-15-31-23)27-19-21-8-5-9-22(18-21)32-17-13-28(2)12-16-29-3/h5-6,8-10,15,18H,4,7,11-14,16-17,19-20H2,1-3H3,(H2,25,26,27). The summed E-state index contributed by atoms with van der Waals surface area (Å²) in [5.74, 6) is 2.51. The number of ether oxygens (including phenoxy) is 3. The maximum absolute atomic E-state index is 5.90. The molecule has 0 amide bonds. The Kier molecular flexibility index (Phi) is 13.0. The number of guanidine groups is 1. The van der Waals surface area contributed by atoms with E-state index < -0.39 is 0 Å². The quantitative estimate of drug-likeness (QED) is 0.233. The second-order valence-electron chi connectivity index (χ2n) is 7.40. The first-order chi connectivity index (χ1) is 15.7. The van der Waals surface area contributed by atoms with Gasteiger partial charge in [0.05, 0.1) is 19.4 Å². The molecule has 8 nitrogen and oxygen atoms in total. The highest BCUT2D eigenvalue weighted by Crippen LogP contribution is 2.14. The number of benzene rings is 1. The van der Waals surface area contributed by atoms with Crippen LogP contribution >= 0.6 is 0 Å². The van der Waals surface area contributed by atoms with Gasteiger partial charge < -0.3 is 34.2 Å². The predicted octanol–water partition coefficient (Wildman–Crippen LogP) is 2.90. The van der Waals surface area contributed by atoms with Crippen LogP contribution in [0.15, 0.2) is 52.1 Å².